The predicted molar refractivity (Wildman–Crippen MR) is 87.7 cm³/mol. The molecule has 2 aliphatic rings. The van der Waals surface area contributed by atoms with Gasteiger partial charge in [0.1, 0.15) is 18.1 Å². The van der Waals surface area contributed by atoms with Crippen LogP contribution in [0.2, 0.25) is 0 Å². The van der Waals surface area contributed by atoms with Crippen LogP contribution in [0.3, 0.4) is 0 Å². The SMILES string of the molecule is CC(=O)c1cccc(OCC(O)(C(O)=C2CC2)C2CCCC2)c1. The van der Waals surface area contributed by atoms with E-state index >= 15 is 0 Å². The first-order valence-corrected chi connectivity index (χ1v) is 8.38. The summed E-state index contributed by atoms with van der Waals surface area (Å²) < 4.78 is 5.78. The van der Waals surface area contributed by atoms with E-state index in [4.69, 9.17) is 4.74 Å². The molecule has 2 N–H and O–H groups in total. The number of carbonyl (C=O) groups is 1. The third-order valence-corrected chi connectivity index (χ3v) is 4.97. The molecule has 0 bridgehead atoms. The van der Waals surface area contributed by atoms with E-state index in [1.54, 1.807) is 24.3 Å². The van der Waals surface area contributed by atoms with Crippen molar-refractivity contribution in [3.05, 3.63) is 41.2 Å². The van der Waals surface area contributed by atoms with Gasteiger partial charge < -0.3 is 14.9 Å². The number of rotatable bonds is 6. The Balaban J connectivity index is 1.78. The first-order chi connectivity index (χ1) is 11.0. The summed E-state index contributed by atoms with van der Waals surface area (Å²) in [5.41, 5.74) is 0.214. The van der Waals surface area contributed by atoms with Crippen molar-refractivity contribution in [1.82, 2.24) is 0 Å². The Morgan fingerprint density at radius 1 is 1.30 bits per heavy atom. The quantitative estimate of drug-likeness (QED) is 0.619. The second kappa shape index (κ2) is 6.36. The van der Waals surface area contributed by atoms with Crippen molar-refractivity contribution in [2.75, 3.05) is 6.61 Å². The molecule has 0 radical (unpaired) electrons. The molecule has 1 aromatic carbocycles. The minimum Gasteiger partial charge on any atom is -0.509 e. The van der Waals surface area contributed by atoms with Crippen molar-refractivity contribution in [1.29, 1.82) is 0 Å². The molecule has 1 aromatic rings. The Morgan fingerprint density at radius 3 is 2.61 bits per heavy atom. The number of hydrogen-bond donors (Lipinski definition) is 2. The highest BCUT2D eigenvalue weighted by Crippen LogP contribution is 2.43. The maximum Gasteiger partial charge on any atom is 0.159 e. The van der Waals surface area contributed by atoms with Crippen LogP contribution in [0.25, 0.3) is 0 Å². The minimum absolute atomic E-state index is 0.0222. The number of allylic oxidation sites excluding steroid dienone is 1. The van der Waals surface area contributed by atoms with E-state index in [2.05, 4.69) is 0 Å². The monoisotopic (exact) mass is 316 g/mol. The zero-order chi connectivity index (χ0) is 16.4. The fraction of sp³-hybridized carbons (Fsp3) is 0.526. The molecule has 2 saturated carbocycles. The molecule has 2 aliphatic carbocycles. The summed E-state index contributed by atoms with van der Waals surface area (Å²) in [5.74, 6) is 0.672. The molecule has 0 amide bonds. The molecule has 4 nitrogen and oxygen atoms in total. The van der Waals surface area contributed by atoms with Crippen LogP contribution < -0.4 is 4.74 Å². The van der Waals surface area contributed by atoms with E-state index in [1.807, 2.05) is 0 Å². The standard InChI is InChI=1S/C19H24O4/c1-13(20)15-5-4-8-17(11-15)23-12-19(22,16-6-2-3-7-16)18(21)14-9-10-14/h4-5,8,11,16,21-22H,2-3,6-7,9-10,12H2,1H3. The maximum atomic E-state index is 11.5. The summed E-state index contributed by atoms with van der Waals surface area (Å²) in [6.45, 7) is 1.53. The summed E-state index contributed by atoms with van der Waals surface area (Å²) in [5, 5.41) is 21.6. The van der Waals surface area contributed by atoms with Crippen LogP contribution in [0.5, 0.6) is 5.75 Å². The Hall–Kier alpha value is -1.81. The number of carbonyl (C=O) groups excluding carboxylic acids is 1. The Kier molecular flexibility index (Phi) is 4.44. The van der Waals surface area contributed by atoms with Crippen molar-refractivity contribution < 1.29 is 19.7 Å². The lowest BCUT2D eigenvalue weighted by atomic mass is 9.84. The van der Waals surface area contributed by atoms with Crippen LogP contribution in [-0.2, 0) is 0 Å². The second-order valence-corrected chi connectivity index (χ2v) is 6.73. The topological polar surface area (TPSA) is 66.8 Å². The highest BCUT2D eigenvalue weighted by atomic mass is 16.5. The third kappa shape index (κ3) is 3.42. The molecule has 1 unspecified atom stereocenters. The van der Waals surface area contributed by atoms with E-state index in [0.717, 1.165) is 44.1 Å². The van der Waals surface area contributed by atoms with E-state index < -0.39 is 5.60 Å². The van der Waals surface area contributed by atoms with Crippen LogP contribution in [0.4, 0.5) is 0 Å². The van der Waals surface area contributed by atoms with Gasteiger partial charge in [0.2, 0.25) is 0 Å². The fourth-order valence-electron chi connectivity index (χ4n) is 3.39. The molecule has 0 saturated heterocycles. The number of aliphatic hydroxyl groups excluding tert-OH is 1. The van der Waals surface area contributed by atoms with Crippen molar-refractivity contribution in [3.8, 4) is 5.75 Å². The van der Waals surface area contributed by atoms with Crippen molar-refractivity contribution in [2.45, 2.75) is 51.0 Å². The zero-order valence-corrected chi connectivity index (χ0v) is 13.5. The lowest BCUT2D eigenvalue weighted by molar-refractivity contribution is -0.0502. The minimum atomic E-state index is -1.31. The molecular formula is C19H24O4. The van der Waals surface area contributed by atoms with Gasteiger partial charge in [-0.2, -0.15) is 0 Å². The fourth-order valence-corrected chi connectivity index (χ4v) is 3.39. The maximum absolute atomic E-state index is 11.5. The van der Waals surface area contributed by atoms with Crippen LogP contribution in [0.15, 0.2) is 35.6 Å². The average molecular weight is 316 g/mol. The van der Waals surface area contributed by atoms with E-state index in [1.165, 1.54) is 6.92 Å². The number of ether oxygens (including phenoxy) is 1. The molecule has 23 heavy (non-hydrogen) atoms. The first kappa shape index (κ1) is 16.1. The number of aliphatic hydroxyl groups is 2. The zero-order valence-electron chi connectivity index (χ0n) is 13.5. The second-order valence-electron chi connectivity index (χ2n) is 6.73. The molecule has 3 rings (SSSR count). The Labute approximate surface area is 136 Å². The van der Waals surface area contributed by atoms with Crippen LogP contribution in [-0.4, -0.2) is 28.2 Å². The summed E-state index contributed by atoms with van der Waals surface area (Å²) in [6.07, 6.45) is 5.70. The third-order valence-electron chi connectivity index (χ3n) is 4.97. The molecule has 1 atom stereocenters. The predicted octanol–water partition coefficient (Wildman–Crippen LogP) is 3.80. The molecule has 0 aromatic heterocycles. The largest absolute Gasteiger partial charge is 0.509 e. The molecule has 0 spiro atoms. The molecule has 0 aliphatic heterocycles. The number of ketones is 1. The van der Waals surface area contributed by atoms with Gasteiger partial charge in [-0.15, -0.1) is 0 Å². The van der Waals surface area contributed by atoms with Crippen molar-refractivity contribution in [2.24, 2.45) is 5.92 Å². The lowest BCUT2D eigenvalue weighted by Crippen LogP contribution is -2.44. The first-order valence-electron chi connectivity index (χ1n) is 8.38. The highest BCUT2D eigenvalue weighted by Gasteiger charge is 2.45. The highest BCUT2D eigenvalue weighted by molar-refractivity contribution is 5.94. The molecular weight excluding hydrogens is 292 g/mol. The van der Waals surface area contributed by atoms with E-state index in [-0.39, 0.29) is 24.1 Å². The van der Waals surface area contributed by atoms with Crippen LogP contribution in [0, 0.1) is 5.92 Å². The Morgan fingerprint density at radius 2 is 2.00 bits per heavy atom. The number of benzene rings is 1. The summed E-state index contributed by atoms with van der Waals surface area (Å²) in [6, 6.07) is 6.95. The van der Waals surface area contributed by atoms with Crippen LogP contribution in [0.1, 0.15) is 55.8 Å². The van der Waals surface area contributed by atoms with Gasteiger partial charge in [-0.05, 0) is 56.2 Å². The van der Waals surface area contributed by atoms with Gasteiger partial charge in [0.15, 0.2) is 11.4 Å². The smallest absolute Gasteiger partial charge is 0.159 e. The van der Waals surface area contributed by atoms with Crippen LogP contribution >= 0.6 is 0 Å². The van der Waals surface area contributed by atoms with E-state index in [0.29, 0.717) is 11.3 Å². The Bertz CT molecular complexity index is 622. The normalized spacial score (nSPS) is 20.2. The van der Waals surface area contributed by atoms with Gasteiger partial charge >= 0.3 is 0 Å². The molecule has 124 valence electrons. The molecule has 4 heteroatoms. The summed E-state index contributed by atoms with van der Waals surface area (Å²) in [7, 11) is 0. The van der Waals surface area contributed by atoms with Gasteiger partial charge in [0, 0.05) is 5.56 Å². The van der Waals surface area contributed by atoms with Gasteiger partial charge in [-0.1, -0.05) is 25.0 Å². The summed E-state index contributed by atoms with van der Waals surface area (Å²) >= 11 is 0. The average Bonchev–Trinajstić information content (AvgIpc) is 3.25. The molecule has 0 heterocycles. The van der Waals surface area contributed by atoms with Gasteiger partial charge in [-0.25, -0.2) is 0 Å². The van der Waals surface area contributed by atoms with E-state index in [9.17, 15) is 15.0 Å². The number of hydrogen-bond acceptors (Lipinski definition) is 4. The van der Waals surface area contributed by atoms with Gasteiger partial charge in [-0.3, -0.25) is 4.79 Å². The summed E-state index contributed by atoms with van der Waals surface area (Å²) in [4.78, 5) is 11.5. The van der Waals surface area contributed by atoms with Gasteiger partial charge in [0.05, 0.1) is 0 Å². The lowest BCUT2D eigenvalue weighted by Gasteiger charge is -2.33. The van der Waals surface area contributed by atoms with Gasteiger partial charge in [0.25, 0.3) is 0 Å². The number of Topliss-reactive ketones (excluding diaryl/α,β-unsaturated/α-hetero) is 1. The van der Waals surface area contributed by atoms with Crippen molar-refractivity contribution in [3.63, 3.8) is 0 Å². The van der Waals surface area contributed by atoms with Crippen molar-refractivity contribution >= 4 is 5.78 Å². The molecule has 2 fully saturated rings.